The molecule has 0 radical (unpaired) electrons. The first-order valence-corrected chi connectivity index (χ1v) is 10.6. The lowest BCUT2D eigenvalue weighted by Crippen LogP contribution is -2.36. The third-order valence-corrected chi connectivity index (χ3v) is 6.43. The number of hydrazine groups is 1. The number of anilines is 2. The molecule has 2 aromatic carbocycles. The number of benzene rings is 2. The second-order valence-electron chi connectivity index (χ2n) is 7.79. The van der Waals surface area contributed by atoms with Crippen molar-refractivity contribution < 1.29 is 9.18 Å². The lowest BCUT2D eigenvalue weighted by Gasteiger charge is -2.16. The second kappa shape index (κ2) is 8.31. The van der Waals surface area contributed by atoms with E-state index in [0.29, 0.717) is 17.4 Å². The van der Waals surface area contributed by atoms with Crippen LogP contribution in [0.5, 0.6) is 0 Å². The van der Waals surface area contributed by atoms with Gasteiger partial charge >= 0.3 is 0 Å². The molecule has 0 aliphatic carbocycles. The highest BCUT2D eigenvalue weighted by Gasteiger charge is 2.30. The Hall–Kier alpha value is -2.13. The zero-order valence-corrected chi connectivity index (χ0v) is 17.6. The third kappa shape index (κ3) is 4.40. The molecule has 6 nitrogen and oxygen atoms in total. The number of carbonyl (C=O) groups excluding carboxylic acids is 1. The van der Waals surface area contributed by atoms with Crippen LogP contribution >= 0.6 is 11.8 Å². The minimum atomic E-state index is -0.477. The molecular weight excluding hydrogens is 389 g/mol. The van der Waals surface area contributed by atoms with Crippen LogP contribution in [0.3, 0.4) is 0 Å². The van der Waals surface area contributed by atoms with Gasteiger partial charge in [0.2, 0.25) is 5.91 Å². The van der Waals surface area contributed by atoms with Crippen molar-refractivity contribution in [2.45, 2.75) is 30.1 Å². The minimum absolute atomic E-state index is 0.113. The molecule has 1 saturated heterocycles. The van der Waals surface area contributed by atoms with E-state index in [2.05, 4.69) is 40.5 Å². The van der Waals surface area contributed by atoms with Crippen LogP contribution < -0.4 is 21.5 Å². The molecule has 0 saturated carbocycles. The Kier molecular flexibility index (Phi) is 5.78. The SMILES string of the molecule is Cc1ccc(F)c2c1NC(C(=O)Nc1cccc(C3NNC(CN(C)C)S3)c1)C2. The minimum Gasteiger partial charge on any atom is -0.373 e. The summed E-state index contributed by atoms with van der Waals surface area (Å²) in [5.74, 6) is -0.424. The molecule has 2 aliphatic rings. The fourth-order valence-electron chi connectivity index (χ4n) is 3.72. The van der Waals surface area contributed by atoms with Crippen molar-refractivity contribution in [1.29, 1.82) is 0 Å². The van der Waals surface area contributed by atoms with Gasteiger partial charge in [0.15, 0.2) is 0 Å². The molecule has 1 fully saturated rings. The van der Waals surface area contributed by atoms with Crippen LogP contribution in [0.1, 0.15) is 22.1 Å². The highest BCUT2D eigenvalue weighted by molar-refractivity contribution is 8.00. The van der Waals surface area contributed by atoms with Crippen LogP contribution in [0, 0.1) is 12.7 Å². The number of aryl methyl sites for hydroxylation is 1. The number of hydrogen-bond donors (Lipinski definition) is 4. The van der Waals surface area contributed by atoms with Crippen LogP contribution in [-0.2, 0) is 11.2 Å². The number of halogens is 1. The summed E-state index contributed by atoms with van der Waals surface area (Å²) in [5, 5.41) is 6.56. The highest BCUT2D eigenvalue weighted by atomic mass is 32.2. The van der Waals surface area contributed by atoms with E-state index >= 15 is 0 Å². The van der Waals surface area contributed by atoms with E-state index in [4.69, 9.17) is 0 Å². The zero-order chi connectivity index (χ0) is 20.5. The van der Waals surface area contributed by atoms with Gasteiger partial charge in [0.1, 0.15) is 11.9 Å². The Balaban J connectivity index is 1.41. The number of fused-ring (bicyclic) bond motifs is 1. The molecule has 2 aromatic rings. The van der Waals surface area contributed by atoms with Crippen LogP contribution in [-0.4, -0.2) is 42.9 Å². The molecule has 4 N–H and O–H groups in total. The largest absolute Gasteiger partial charge is 0.373 e. The molecule has 154 valence electrons. The molecule has 1 amide bonds. The summed E-state index contributed by atoms with van der Waals surface area (Å²) in [5.41, 5.74) is 10.7. The van der Waals surface area contributed by atoms with Crippen LogP contribution in [0.2, 0.25) is 0 Å². The molecule has 0 bridgehead atoms. The van der Waals surface area contributed by atoms with Crippen molar-refractivity contribution in [3.8, 4) is 0 Å². The Morgan fingerprint density at radius 1 is 1.28 bits per heavy atom. The second-order valence-corrected chi connectivity index (χ2v) is 9.10. The van der Waals surface area contributed by atoms with Crippen molar-refractivity contribution in [1.82, 2.24) is 15.8 Å². The standard InChI is InChI=1S/C21H26FN5OS/c1-12-7-8-16(22)15-10-17(24-19(12)15)20(28)23-14-6-4-5-13(9-14)21-26-25-18(29-21)11-27(2)3/h4-9,17-18,21,24-26H,10-11H2,1-3H3,(H,23,28). The zero-order valence-electron chi connectivity index (χ0n) is 16.8. The molecule has 2 aliphatic heterocycles. The predicted octanol–water partition coefficient (Wildman–Crippen LogP) is 2.84. The van der Waals surface area contributed by atoms with E-state index in [1.807, 2.05) is 43.0 Å². The summed E-state index contributed by atoms with van der Waals surface area (Å²) in [6.07, 6.45) is 0.352. The smallest absolute Gasteiger partial charge is 0.247 e. The maximum atomic E-state index is 14.1. The summed E-state index contributed by atoms with van der Waals surface area (Å²) in [6.45, 7) is 2.84. The van der Waals surface area contributed by atoms with Gasteiger partial charge in [-0.3, -0.25) is 4.79 Å². The lowest BCUT2D eigenvalue weighted by atomic mass is 10.1. The maximum absolute atomic E-state index is 14.1. The molecular formula is C21H26FN5OS. The number of rotatable bonds is 5. The topological polar surface area (TPSA) is 68.4 Å². The van der Waals surface area contributed by atoms with Crippen molar-refractivity contribution in [2.75, 3.05) is 31.3 Å². The van der Waals surface area contributed by atoms with Crippen molar-refractivity contribution in [3.63, 3.8) is 0 Å². The van der Waals surface area contributed by atoms with Crippen LogP contribution in [0.15, 0.2) is 36.4 Å². The fraction of sp³-hybridized carbons (Fsp3) is 0.381. The van der Waals surface area contributed by atoms with Gasteiger partial charge in [-0.25, -0.2) is 15.2 Å². The van der Waals surface area contributed by atoms with E-state index in [-0.39, 0.29) is 17.1 Å². The summed E-state index contributed by atoms with van der Waals surface area (Å²) in [6, 6.07) is 10.6. The maximum Gasteiger partial charge on any atom is 0.247 e. The van der Waals surface area contributed by atoms with Gasteiger partial charge in [0.25, 0.3) is 0 Å². The van der Waals surface area contributed by atoms with Crippen LogP contribution in [0.25, 0.3) is 0 Å². The Labute approximate surface area is 174 Å². The molecule has 3 atom stereocenters. The van der Waals surface area contributed by atoms with Gasteiger partial charge in [-0.2, -0.15) is 0 Å². The summed E-state index contributed by atoms with van der Waals surface area (Å²) >= 11 is 1.81. The Morgan fingerprint density at radius 3 is 2.86 bits per heavy atom. The van der Waals surface area contributed by atoms with Gasteiger partial charge in [-0.15, -0.1) is 11.8 Å². The van der Waals surface area contributed by atoms with Crippen molar-refractivity contribution in [3.05, 3.63) is 58.9 Å². The molecule has 0 aromatic heterocycles. The van der Waals surface area contributed by atoms with E-state index in [1.54, 1.807) is 6.07 Å². The average molecular weight is 416 g/mol. The molecule has 3 unspecified atom stereocenters. The Morgan fingerprint density at radius 2 is 2.10 bits per heavy atom. The molecule has 8 heteroatoms. The van der Waals surface area contributed by atoms with E-state index in [9.17, 15) is 9.18 Å². The first kappa shape index (κ1) is 20.2. The molecule has 0 spiro atoms. The molecule has 2 heterocycles. The summed E-state index contributed by atoms with van der Waals surface area (Å²) in [7, 11) is 4.10. The lowest BCUT2D eigenvalue weighted by molar-refractivity contribution is -0.116. The number of carbonyl (C=O) groups is 1. The number of hydrogen-bond acceptors (Lipinski definition) is 6. The van der Waals surface area contributed by atoms with E-state index in [0.717, 1.165) is 29.0 Å². The highest BCUT2D eigenvalue weighted by Crippen LogP contribution is 2.34. The van der Waals surface area contributed by atoms with Crippen molar-refractivity contribution >= 4 is 29.0 Å². The van der Waals surface area contributed by atoms with Gasteiger partial charge in [-0.05, 0) is 50.3 Å². The summed E-state index contributed by atoms with van der Waals surface area (Å²) in [4.78, 5) is 14.9. The number of nitrogens with one attached hydrogen (secondary N) is 4. The monoisotopic (exact) mass is 415 g/mol. The Bertz CT molecular complexity index is 891. The average Bonchev–Trinajstić information content (AvgIpc) is 3.33. The van der Waals surface area contributed by atoms with Gasteiger partial charge in [0.05, 0.1) is 10.7 Å². The number of nitrogens with zero attached hydrogens (tertiary/aromatic N) is 1. The fourth-order valence-corrected chi connectivity index (χ4v) is 5.01. The molecule has 29 heavy (non-hydrogen) atoms. The van der Waals surface area contributed by atoms with Crippen molar-refractivity contribution in [2.24, 2.45) is 0 Å². The predicted molar refractivity (Wildman–Crippen MR) is 116 cm³/mol. The number of likely N-dealkylation sites (N-methyl/N-ethyl adjacent to an activating group) is 1. The number of amides is 1. The van der Waals surface area contributed by atoms with E-state index in [1.165, 1.54) is 6.07 Å². The van der Waals surface area contributed by atoms with E-state index < -0.39 is 6.04 Å². The first-order valence-electron chi connectivity index (χ1n) is 9.67. The third-order valence-electron chi connectivity index (χ3n) is 5.17. The normalized spacial score (nSPS) is 23.1. The molecule has 4 rings (SSSR count). The van der Waals surface area contributed by atoms with Gasteiger partial charge in [-0.1, -0.05) is 18.2 Å². The first-order chi connectivity index (χ1) is 13.9. The van der Waals surface area contributed by atoms with Crippen LogP contribution in [0.4, 0.5) is 15.8 Å². The van der Waals surface area contributed by atoms with Gasteiger partial charge in [0, 0.05) is 29.9 Å². The number of thioether (sulfide) groups is 1. The van der Waals surface area contributed by atoms with Gasteiger partial charge < -0.3 is 15.5 Å². The quantitative estimate of drug-likeness (QED) is 0.602. The summed E-state index contributed by atoms with van der Waals surface area (Å²) < 4.78 is 14.1.